The minimum Gasteiger partial charge on any atom is -0.444 e. The fourth-order valence-corrected chi connectivity index (χ4v) is 1.78. The van der Waals surface area contributed by atoms with Crippen LogP contribution in [0.3, 0.4) is 0 Å². The number of hydrogen-bond acceptors (Lipinski definition) is 3. The van der Waals surface area contributed by atoms with Gasteiger partial charge in [0, 0.05) is 17.6 Å². The molecular formula is C14H21ClN2O2. The second kappa shape index (κ2) is 6.78. The van der Waals surface area contributed by atoms with Crippen molar-refractivity contribution in [2.24, 2.45) is 5.73 Å². The number of carbonyl (C=O) groups is 1. The van der Waals surface area contributed by atoms with Gasteiger partial charge in [0.15, 0.2) is 0 Å². The third-order valence-electron chi connectivity index (χ3n) is 2.29. The standard InChI is InChI=1S/C14H21ClN2O2/c1-14(2,3)19-13(18)17-9-12(16)8-10-5-4-6-11(15)7-10/h4-7,12H,8-9,16H2,1-3H3,(H,17,18). The molecule has 0 aliphatic carbocycles. The average molecular weight is 285 g/mol. The number of alkyl carbamates (subject to hydrolysis) is 1. The van der Waals surface area contributed by atoms with E-state index < -0.39 is 11.7 Å². The summed E-state index contributed by atoms with van der Waals surface area (Å²) in [5, 5.41) is 3.34. The lowest BCUT2D eigenvalue weighted by Gasteiger charge is -2.20. The van der Waals surface area contributed by atoms with Gasteiger partial charge in [-0.25, -0.2) is 4.79 Å². The highest BCUT2D eigenvalue weighted by atomic mass is 35.5. The van der Waals surface area contributed by atoms with E-state index in [0.29, 0.717) is 18.0 Å². The quantitative estimate of drug-likeness (QED) is 0.893. The maximum atomic E-state index is 11.5. The van der Waals surface area contributed by atoms with Gasteiger partial charge in [-0.3, -0.25) is 0 Å². The van der Waals surface area contributed by atoms with E-state index >= 15 is 0 Å². The van der Waals surface area contributed by atoms with Crippen molar-refractivity contribution in [1.82, 2.24) is 5.32 Å². The Morgan fingerprint density at radius 1 is 1.47 bits per heavy atom. The molecule has 106 valence electrons. The Kier molecular flexibility index (Phi) is 5.63. The van der Waals surface area contributed by atoms with Gasteiger partial charge in [-0.15, -0.1) is 0 Å². The van der Waals surface area contributed by atoms with E-state index in [2.05, 4.69) is 5.32 Å². The minimum atomic E-state index is -0.499. The number of hydrogen-bond donors (Lipinski definition) is 2. The molecule has 4 nitrogen and oxygen atoms in total. The zero-order valence-electron chi connectivity index (χ0n) is 11.6. The predicted octanol–water partition coefficient (Wildman–Crippen LogP) is 2.73. The SMILES string of the molecule is CC(C)(C)OC(=O)NCC(N)Cc1cccc(Cl)c1. The van der Waals surface area contributed by atoms with Crippen LogP contribution in [-0.2, 0) is 11.2 Å². The number of benzene rings is 1. The summed E-state index contributed by atoms with van der Waals surface area (Å²) < 4.78 is 5.13. The Hall–Kier alpha value is -1.26. The van der Waals surface area contributed by atoms with Crippen LogP contribution in [0.1, 0.15) is 26.3 Å². The van der Waals surface area contributed by atoms with E-state index in [9.17, 15) is 4.79 Å². The van der Waals surface area contributed by atoms with Crippen LogP contribution >= 0.6 is 11.6 Å². The Balaban J connectivity index is 2.36. The van der Waals surface area contributed by atoms with Gasteiger partial charge >= 0.3 is 6.09 Å². The predicted molar refractivity (Wildman–Crippen MR) is 77.4 cm³/mol. The van der Waals surface area contributed by atoms with Crippen LogP contribution in [0.15, 0.2) is 24.3 Å². The highest BCUT2D eigenvalue weighted by Crippen LogP contribution is 2.12. The molecular weight excluding hydrogens is 264 g/mol. The van der Waals surface area contributed by atoms with E-state index in [1.807, 2.05) is 45.0 Å². The lowest BCUT2D eigenvalue weighted by molar-refractivity contribution is 0.0524. The summed E-state index contributed by atoms with van der Waals surface area (Å²) in [7, 11) is 0. The fourth-order valence-electron chi connectivity index (χ4n) is 1.57. The first-order chi connectivity index (χ1) is 8.76. The van der Waals surface area contributed by atoms with Crippen LogP contribution < -0.4 is 11.1 Å². The summed E-state index contributed by atoms with van der Waals surface area (Å²) in [6, 6.07) is 7.35. The molecule has 5 heteroatoms. The van der Waals surface area contributed by atoms with E-state index in [1.54, 1.807) is 0 Å². The largest absolute Gasteiger partial charge is 0.444 e. The number of nitrogens with two attached hydrogens (primary N) is 1. The van der Waals surface area contributed by atoms with Crippen molar-refractivity contribution in [1.29, 1.82) is 0 Å². The summed E-state index contributed by atoms with van der Waals surface area (Å²) in [6.07, 6.45) is 0.199. The van der Waals surface area contributed by atoms with Crippen LogP contribution in [0.5, 0.6) is 0 Å². The van der Waals surface area contributed by atoms with Crippen LogP contribution in [0, 0.1) is 0 Å². The number of amides is 1. The molecule has 0 aliphatic heterocycles. The molecule has 1 aromatic rings. The summed E-state index contributed by atoms with van der Waals surface area (Å²) in [4.78, 5) is 11.5. The van der Waals surface area contributed by atoms with E-state index in [0.717, 1.165) is 5.56 Å². The van der Waals surface area contributed by atoms with E-state index in [4.69, 9.17) is 22.1 Å². The topological polar surface area (TPSA) is 64.3 Å². The van der Waals surface area contributed by atoms with Crippen molar-refractivity contribution in [2.75, 3.05) is 6.54 Å². The Bertz CT molecular complexity index is 430. The molecule has 1 atom stereocenters. The zero-order valence-corrected chi connectivity index (χ0v) is 12.3. The first kappa shape index (κ1) is 15.8. The molecule has 0 saturated carbocycles. The molecule has 0 saturated heterocycles. The smallest absolute Gasteiger partial charge is 0.407 e. The van der Waals surface area contributed by atoms with E-state index in [1.165, 1.54) is 0 Å². The Labute approximate surface area is 119 Å². The van der Waals surface area contributed by atoms with Gasteiger partial charge in [0.1, 0.15) is 5.60 Å². The van der Waals surface area contributed by atoms with Crippen molar-refractivity contribution in [3.05, 3.63) is 34.9 Å². The molecule has 1 unspecified atom stereocenters. The number of nitrogens with one attached hydrogen (secondary N) is 1. The second-order valence-corrected chi connectivity index (χ2v) is 5.91. The molecule has 0 aliphatic rings. The molecule has 1 aromatic carbocycles. The van der Waals surface area contributed by atoms with Gasteiger partial charge in [0.05, 0.1) is 0 Å². The number of rotatable bonds is 4. The average Bonchev–Trinajstić information content (AvgIpc) is 2.24. The van der Waals surface area contributed by atoms with Gasteiger partial charge < -0.3 is 15.8 Å². The van der Waals surface area contributed by atoms with Crippen molar-refractivity contribution in [3.8, 4) is 0 Å². The maximum Gasteiger partial charge on any atom is 0.407 e. The second-order valence-electron chi connectivity index (χ2n) is 5.48. The number of ether oxygens (including phenoxy) is 1. The van der Waals surface area contributed by atoms with Crippen molar-refractivity contribution in [2.45, 2.75) is 38.8 Å². The zero-order chi connectivity index (χ0) is 14.5. The van der Waals surface area contributed by atoms with Gasteiger partial charge in [-0.05, 0) is 44.9 Å². The summed E-state index contributed by atoms with van der Waals surface area (Å²) in [6.45, 7) is 5.82. The molecule has 0 aromatic heterocycles. The minimum absolute atomic E-state index is 0.175. The monoisotopic (exact) mass is 284 g/mol. The molecule has 1 rings (SSSR count). The third kappa shape index (κ3) is 7.03. The number of carbonyl (C=O) groups excluding carboxylic acids is 1. The normalized spacial score (nSPS) is 12.9. The summed E-state index contributed by atoms with van der Waals surface area (Å²) in [5.41, 5.74) is 6.50. The molecule has 0 heterocycles. The van der Waals surface area contributed by atoms with Crippen molar-refractivity contribution >= 4 is 17.7 Å². The fraction of sp³-hybridized carbons (Fsp3) is 0.500. The van der Waals surface area contributed by atoms with Crippen LogP contribution in [-0.4, -0.2) is 24.3 Å². The molecule has 0 fully saturated rings. The van der Waals surface area contributed by atoms with Gasteiger partial charge in [0.25, 0.3) is 0 Å². The summed E-state index contributed by atoms with van der Waals surface area (Å²) >= 11 is 5.90. The molecule has 19 heavy (non-hydrogen) atoms. The van der Waals surface area contributed by atoms with Crippen molar-refractivity contribution in [3.63, 3.8) is 0 Å². The lowest BCUT2D eigenvalue weighted by atomic mass is 10.1. The van der Waals surface area contributed by atoms with Crippen molar-refractivity contribution < 1.29 is 9.53 Å². The van der Waals surface area contributed by atoms with Gasteiger partial charge in [-0.2, -0.15) is 0 Å². The first-order valence-electron chi connectivity index (χ1n) is 6.23. The van der Waals surface area contributed by atoms with Crippen LogP contribution in [0.2, 0.25) is 5.02 Å². The van der Waals surface area contributed by atoms with Crippen LogP contribution in [0.4, 0.5) is 4.79 Å². The highest BCUT2D eigenvalue weighted by Gasteiger charge is 2.16. The lowest BCUT2D eigenvalue weighted by Crippen LogP contribution is -2.41. The molecule has 3 N–H and O–H groups in total. The van der Waals surface area contributed by atoms with Crippen LogP contribution in [0.25, 0.3) is 0 Å². The van der Waals surface area contributed by atoms with Gasteiger partial charge in [0.2, 0.25) is 0 Å². The highest BCUT2D eigenvalue weighted by molar-refractivity contribution is 6.30. The Morgan fingerprint density at radius 2 is 2.16 bits per heavy atom. The Morgan fingerprint density at radius 3 is 2.74 bits per heavy atom. The molecule has 0 radical (unpaired) electrons. The third-order valence-corrected chi connectivity index (χ3v) is 2.53. The summed E-state index contributed by atoms with van der Waals surface area (Å²) in [5.74, 6) is 0. The molecule has 0 bridgehead atoms. The first-order valence-corrected chi connectivity index (χ1v) is 6.61. The molecule has 0 spiro atoms. The van der Waals surface area contributed by atoms with E-state index in [-0.39, 0.29) is 6.04 Å². The molecule has 1 amide bonds. The maximum absolute atomic E-state index is 11.5. The van der Waals surface area contributed by atoms with Gasteiger partial charge in [-0.1, -0.05) is 23.7 Å². The number of halogens is 1.